The predicted molar refractivity (Wildman–Crippen MR) is 48.3 cm³/mol. The SMILES string of the molecule is COC(=O)O[C@H]1C=CC[C@@H]1OC(=O)OC. The van der Waals surface area contributed by atoms with Crippen LogP contribution in [0.3, 0.4) is 0 Å². The number of carbonyl (C=O) groups is 2. The monoisotopic (exact) mass is 216 g/mol. The first-order chi connectivity index (χ1) is 7.17. The summed E-state index contributed by atoms with van der Waals surface area (Å²) >= 11 is 0. The van der Waals surface area contributed by atoms with Crippen molar-refractivity contribution < 1.29 is 28.5 Å². The maximum atomic E-state index is 10.8. The van der Waals surface area contributed by atoms with Gasteiger partial charge < -0.3 is 18.9 Å². The molecule has 0 unspecified atom stereocenters. The lowest BCUT2D eigenvalue weighted by Crippen LogP contribution is -2.30. The first-order valence-corrected chi connectivity index (χ1v) is 4.33. The molecule has 0 heterocycles. The van der Waals surface area contributed by atoms with Crippen LogP contribution in [0.4, 0.5) is 9.59 Å². The Kier molecular flexibility index (Phi) is 3.96. The van der Waals surface area contributed by atoms with E-state index in [2.05, 4.69) is 9.47 Å². The first-order valence-electron chi connectivity index (χ1n) is 4.33. The van der Waals surface area contributed by atoms with Crippen LogP contribution in [0, 0.1) is 0 Å². The number of hydrogen-bond acceptors (Lipinski definition) is 6. The molecule has 6 heteroatoms. The van der Waals surface area contributed by atoms with Gasteiger partial charge in [0, 0.05) is 6.42 Å². The molecule has 0 fully saturated rings. The summed E-state index contributed by atoms with van der Waals surface area (Å²) in [4.78, 5) is 21.6. The van der Waals surface area contributed by atoms with Crippen LogP contribution in [-0.2, 0) is 18.9 Å². The maximum absolute atomic E-state index is 10.8. The van der Waals surface area contributed by atoms with Gasteiger partial charge in [0.15, 0.2) is 6.10 Å². The minimum atomic E-state index is -0.815. The van der Waals surface area contributed by atoms with E-state index < -0.39 is 24.5 Å². The molecule has 1 aliphatic carbocycles. The molecule has 0 saturated carbocycles. The number of ether oxygens (including phenoxy) is 4. The van der Waals surface area contributed by atoms with E-state index in [0.29, 0.717) is 6.42 Å². The second-order valence-corrected chi connectivity index (χ2v) is 2.81. The summed E-state index contributed by atoms with van der Waals surface area (Å²) in [5.41, 5.74) is 0. The van der Waals surface area contributed by atoms with Crippen molar-refractivity contribution in [2.45, 2.75) is 18.6 Å². The van der Waals surface area contributed by atoms with Gasteiger partial charge in [-0.3, -0.25) is 0 Å². The van der Waals surface area contributed by atoms with Crippen LogP contribution in [0.5, 0.6) is 0 Å². The Hall–Kier alpha value is -1.72. The second-order valence-electron chi connectivity index (χ2n) is 2.81. The third-order valence-corrected chi connectivity index (χ3v) is 1.87. The summed E-state index contributed by atoms with van der Waals surface area (Å²) in [5.74, 6) is 0. The van der Waals surface area contributed by atoms with Gasteiger partial charge in [-0.15, -0.1) is 0 Å². The molecule has 1 rings (SSSR count). The van der Waals surface area contributed by atoms with Crippen molar-refractivity contribution in [1.82, 2.24) is 0 Å². The van der Waals surface area contributed by atoms with Gasteiger partial charge >= 0.3 is 12.3 Å². The van der Waals surface area contributed by atoms with E-state index in [9.17, 15) is 9.59 Å². The van der Waals surface area contributed by atoms with Crippen LogP contribution in [0.2, 0.25) is 0 Å². The topological polar surface area (TPSA) is 71.1 Å². The minimum absolute atomic E-state index is 0.483. The number of rotatable bonds is 2. The van der Waals surface area contributed by atoms with E-state index in [4.69, 9.17) is 9.47 Å². The van der Waals surface area contributed by atoms with E-state index in [1.165, 1.54) is 14.2 Å². The molecule has 0 radical (unpaired) electrons. The molecule has 0 saturated heterocycles. The van der Waals surface area contributed by atoms with E-state index in [0.717, 1.165) is 0 Å². The highest BCUT2D eigenvalue weighted by Crippen LogP contribution is 2.19. The van der Waals surface area contributed by atoms with Crippen molar-refractivity contribution in [3.8, 4) is 0 Å². The summed E-state index contributed by atoms with van der Waals surface area (Å²) in [6, 6.07) is 0. The van der Waals surface area contributed by atoms with Crippen LogP contribution in [0.25, 0.3) is 0 Å². The lowest BCUT2D eigenvalue weighted by atomic mass is 10.2. The fourth-order valence-electron chi connectivity index (χ4n) is 1.17. The Labute approximate surface area is 86.7 Å². The molecule has 1 aliphatic rings. The Morgan fingerprint density at radius 2 is 1.73 bits per heavy atom. The lowest BCUT2D eigenvalue weighted by molar-refractivity contribution is -0.0251. The molecule has 0 aromatic rings. The largest absolute Gasteiger partial charge is 0.508 e. The fourth-order valence-corrected chi connectivity index (χ4v) is 1.17. The predicted octanol–water partition coefficient (Wildman–Crippen LogP) is 1.25. The molecule has 0 bridgehead atoms. The van der Waals surface area contributed by atoms with Crippen molar-refractivity contribution in [3.63, 3.8) is 0 Å². The van der Waals surface area contributed by atoms with Gasteiger partial charge in [-0.05, 0) is 6.08 Å². The smallest absolute Gasteiger partial charge is 0.438 e. The van der Waals surface area contributed by atoms with E-state index >= 15 is 0 Å². The van der Waals surface area contributed by atoms with E-state index in [-0.39, 0.29) is 0 Å². The molecule has 0 spiro atoms. The fraction of sp³-hybridized carbons (Fsp3) is 0.556. The van der Waals surface area contributed by atoms with Crippen molar-refractivity contribution in [2.75, 3.05) is 14.2 Å². The average Bonchev–Trinajstić information content (AvgIpc) is 2.65. The molecule has 15 heavy (non-hydrogen) atoms. The first kappa shape index (κ1) is 11.4. The van der Waals surface area contributed by atoms with Crippen molar-refractivity contribution in [1.29, 1.82) is 0 Å². The molecule has 6 nitrogen and oxygen atoms in total. The van der Waals surface area contributed by atoms with E-state index in [1.807, 2.05) is 0 Å². The quantitative estimate of drug-likeness (QED) is 0.511. The van der Waals surface area contributed by atoms with Crippen molar-refractivity contribution in [3.05, 3.63) is 12.2 Å². The van der Waals surface area contributed by atoms with Gasteiger partial charge in [-0.1, -0.05) is 6.08 Å². The average molecular weight is 216 g/mol. The van der Waals surface area contributed by atoms with Crippen LogP contribution in [0.1, 0.15) is 6.42 Å². The second kappa shape index (κ2) is 5.23. The highest BCUT2D eigenvalue weighted by Gasteiger charge is 2.30. The molecule has 0 amide bonds. The lowest BCUT2D eigenvalue weighted by Gasteiger charge is -2.18. The summed E-state index contributed by atoms with van der Waals surface area (Å²) in [5, 5.41) is 0. The molecule has 0 aliphatic heterocycles. The van der Waals surface area contributed by atoms with Gasteiger partial charge in [0.25, 0.3) is 0 Å². The third-order valence-electron chi connectivity index (χ3n) is 1.87. The normalized spacial score (nSPS) is 23.3. The van der Waals surface area contributed by atoms with Gasteiger partial charge in [0.05, 0.1) is 14.2 Å². The zero-order chi connectivity index (χ0) is 11.3. The van der Waals surface area contributed by atoms with Crippen LogP contribution in [0.15, 0.2) is 12.2 Å². The van der Waals surface area contributed by atoms with Gasteiger partial charge in [0.2, 0.25) is 0 Å². The Morgan fingerprint density at radius 1 is 1.13 bits per heavy atom. The standard InChI is InChI=1S/C9H12O6/c1-12-8(10)14-6-4-3-5-7(6)15-9(11)13-2/h3-4,6-7H,5H2,1-2H3/t6-,7-/m0/s1. The van der Waals surface area contributed by atoms with Crippen molar-refractivity contribution in [2.24, 2.45) is 0 Å². The van der Waals surface area contributed by atoms with Crippen LogP contribution >= 0.6 is 0 Å². The highest BCUT2D eigenvalue weighted by atomic mass is 16.7. The van der Waals surface area contributed by atoms with Gasteiger partial charge in [-0.25, -0.2) is 9.59 Å². The Balaban J connectivity index is 2.45. The zero-order valence-corrected chi connectivity index (χ0v) is 8.47. The summed E-state index contributed by atoms with van der Waals surface area (Å²) < 4.78 is 18.4. The molecular formula is C9H12O6. The Bertz CT molecular complexity index is 272. The van der Waals surface area contributed by atoms with Gasteiger partial charge in [0.1, 0.15) is 6.10 Å². The molecule has 84 valence electrons. The number of hydrogen-bond donors (Lipinski definition) is 0. The van der Waals surface area contributed by atoms with Gasteiger partial charge in [-0.2, -0.15) is 0 Å². The van der Waals surface area contributed by atoms with Crippen LogP contribution < -0.4 is 0 Å². The molecule has 2 atom stereocenters. The highest BCUT2D eigenvalue weighted by molar-refractivity contribution is 5.61. The molecular weight excluding hydrogens is 204 g/mol. The zero-order valence-electron chi connectivity index (χ0n) is 8.47. The van der Waals surface area contributed by atoms with Crippen LogP contribution in [-0.4, -0.2) is 38.7 Å². The van der Waals surface area contributed by atoms with E-state index in [1.54, 1.807) is 12.2 Å². The maximum Gasteiger partial charge on any atom is 0.508 e. The summed E-state index contributed by atoms with van der Waals surface area (Å²) in [6.45, 7) is 0. The third kappa shape index (κ3) is 3.16. The minimum Gasteiger partial charge on any atom is -0.438 e. The van der Waals surface area contributed by atoms with Crippen molar-refractivity contribution >= 4 is 12.3 Å². The number of carbonyl (C=O) groups excluding carboxylic acids is 2. The Morgan fingerprint density at radius 3 is 2.33 bits per heavy atom. The summed E-state index contributed by atoms with van der Waals surface area (Å²) in [7, 11) is 2.41. The molecule has 0 aromatic carbocycles. The summed E-state index contributed by atoms with van der Waals surface area (Å²) in [6.07, 6.45) is 1.09. The molecule has 0 aromatic heterocycles. The molecule has 0 N–H and O–H groups in total. The number of methoxy groups -OCH3 is 2.